The third-order valence-electron chi connectivity index (χ3n) is 5.68. The van der Waals surface area contributed by atoms with Crippen molar-refractivity contribution < 1.29 is 13.9 Å². The Labute approximate surface area is 189 Å². The van der Waals surface area contributed by atoms with E-state index in [2.05, 4.69) is 16.4 Å². The van der Waals surface area contributed by atoms with Gasteiger partial charge in [0.05, 0.1) is 33.9 Å². The zero-order chi connectivity index (χ0) is 23.6. The normalized spacial score (nSPS) is 14.8. The smallest absolute Gasteiger partial charge is 0.340 e. The second-order valence-electron chi connectivity index (χ2n) is 9.31. The Balaban J connectivity index is 1.78. The van der Waals surface area contributed by atoms with Crippen LogP contribution in [0.25, 0.3) is 0 Å². The zero-order valence-electron chi connectivity index (χ0n) is 19.7. The highest BCUT2D eigenvalue weighted by Gasteiger charge is 2.27. The number of nitrogens with one attached hydrogen (secondary N) is 1. The van der Waals surface area contributed by atoms with E-state index in [1.165, 1.54) is 6.07 Å². The van der Waals surface area contributed by atoms with Gasteiger partial charge in [0, 0.05) is 19.1 Å². The molecule has 32 heavy (non-hydrogen) atoms. The Hall–Kier alpha value is -3.14. The van der Waals surface area contributed by atoms with E-state index in [9.17, 15) is 14.4 Å². The van der Waals surface area contributed by atoms with Crippen LogP contribution in [0.5, 0.6) is 0 Å². The van der Waals surface area contributed by atoms with Gasteiger partial charge in [0.25, 0.3) is 0 Å². The van der Waals surface area contributed by atoms with E-state index in [-0.39, 0.29) is 17.8 Å². The van der Waals surface area contributed by atoms with Gasteiger partial charge in [-0.05, 0) is 72.1 Å². The van der Waals surface area contributed by atoms with Crippen molar-refractivity contribution in [2.45, 2.75) is 66.0 Å². The van der Waals surface area contributed by atoms with Gasteiger partial charge < -0.3 is 15.0 Å². The van der Waals surface area contributed by atoms with E-state index < -0.39 is 5.60 Å². The Morgan fingerprint density at radius 1 is 1.22 bits per heavy atom. The Bertz CT molecular complexity index is 1060. The number of aryl methyl sites for hydroxylation is 2. The number of ether oxygens (including phenoxy) is 1. The summed E-state index contributed by atoms with van der Waals surface area (Å²) < 4.78 is 20.0. The molecule has 170 valence electrons. The Morgan fingerprint density at radius 2 is 1.88 bits per heavy atom. The third kappa shape index (κ3) is 5.01. The van der Waals surface area contributed by atoms with Crippen molar-refractivity contribution in [1.82, 2.24) is 4.98 Å². The van der Waals surface area contributed by atoms with E-state index in [1.807, 2.05) is 46.4 Å². The molecule has 2 aromatic rings. The fraction of sp³-hybridized carbons (Fsp3) is 0.480. The Morgan fingerprint density at radius 3 is 2.47 bits per heavy atom. The first-order valence-electron chi connectivity index (χ1n) is 10.9. The van der Waals surface area contributed by atoms with Crippen molar-refractivity contribution >= 4 is 17.3 Å². The molecule has 0 aliphatic carbocycles. The van der Waals surface area contributed by atoms with Crippen LogP contribution in [-0.4, -0.2) is 35.7 Å². The van der Waals surface area contributed by atoms with Crippen LogP contribution < -0.4 is 10.2 Å². The average Bonchev–Trinajstić information content (AvgIpc) is 2.70. The van der Waals surface area contributed by atoms with Crippen molar-refractivity contribution in [3.63, 3.8) is 0 Å². The van der Waals surface area contributed by atoms with E-state index in [0.717, 1.165) is 29.8 Å². The number of pyridine rings is 1. The van der Waals surface area contributed by atoms with Crippen molar-refractivity contribution in [3.8, 4) is 6.07 Å². The minimum Gasteiger partial charge on any atom is -0.456 e. The number of rotatable bonds is 4. The van der Waals surface area contributed by atoms with Crippen LogP contribution >= 0.6 is 0 Å². The topological polar surface area (TPSA) is 78.2 Å². The van der Waals surface area contributed by atoms with Gasteiger partial charge in [-0.15, -0.1) is 0 Å². The van der Waals surface area contributed by atoms with Crippen molar-refractivity contribution in [3.05, 3.63) is 52.1 Å². The molecule has 0 spiro atoms. The number of carbonyl (C=O) groups is 1. The lowest BCUT2D eigenvalue weighted by Crippen LogP contribution is -2.40. The van der Waals surface area contributed by atoms with Crippen LogP contribution in [0.1, 0.15) is 66.5 Å². The first-order valence-corrected chi connectivity index (χ1v) is 10.9. The molecule has 1 fully saturated rings. The largest absolute Gasteiger partial charge is 0.456 e. The van der Waals surface area contributed by atoms with Crippen LogP contribution in [0.3, 0.4) is 0 Å². The van der Waals surface area contributed by atoms with Gasteiger partial charge in [-0.2, -0.15) is 5.26 Å². The van der Waals surface area contributed by atoms with Crippen LogP contribution in [0, 0.1) is 37.9 Å². The lowest BCUT2D eigenvalue weighted by molar-refractivity contribution is 0.00674. The standard InChI is InChI=1S/C25H31FN4O2/c1-15-21(24(31)32-25(4,5)6)16(2)28-17(3)22(15)29-19-10-12-30(13-11-19)23-18(14-27)8-7-9-20(23)26/h7-9,19,29H,10-13H2,1-6H3. The molecule has 1 aromatic heterocycles. The second kappa shape index (κ2) is 9.15. The molecule has 1 aliphatic heterocycles. The third-order valence-corrected chi connectivity index (χ3v) is 5.68. The number of piperidine rings is 1. The van der Waals surface area contributed by atoms with Crippen LogP contribution in [0.4, 0.5) is 15.8 Å². The fourth-order valence-corrected chi connectivity index (χ4v) is 4.25. The number of carbonyl (C=O) groups excluding carboxylic acids is 1. The highest BCUT2D eigenvalue weighted by molar-refractivity contribution is 5.94. The fourth-order valence-electron chi connectivity index (χ4n) is 4.25. The van der Waals surface area contributed by atoms with Crippen molar-refractivity contribution in [2.24, 2.45) is 0 Å². The van der Waals surface area contributed by atoms with Crippen LogP contribution in [-0.2, 0) is 4.74 Å². The summed E-state index contributed by atoms with van der Waals surface area (Å²) in [7, 11) is 0. The number of halogens is 1. The molecule has 0 saturated carbocycles. The number of benzene rings is 1. The SMILES string of the molecule is Cc1nc(C)c(C(=O)OC(C)(C)C)c(C)c1NC1CCN(c2c(F)cccc2C#N)CC1. The van der Waals surface area contributed by atoms with E-state index in [4.69, 9.17) is 4.74 Å². The molecule has 1 aromatic carbocycles. The molecule has 0 bridgehead atoms. The van der Waals surface area contributed by atoms with Gasteiger partial charge >= 0.3 is 5.97 Å². The molecular weight excluding hydrogens is 407 g/mol. The lowest BCUT2D eigenvalue weighted by Gasteiger charge is -2.35. The second-order valence-corrected chi connectivity index (χ2v) is 9.31. The highest BCUT2D eigenvalue weighted by Crippen LogP contribution is 2.31. The van der Waals surface area contributed by atoms with Crippen molar-refractivity contribution in [2.75, 3.05) is 23.3 Å². The number of esters is 1. The van der Waals surface area contributed by atoms with E-state index in [0.29, 0.717) is 35.6 Å². The minimum absolute atomic E-state index is 0.150. The number of aromatic nitrogens is 1. The summed E-state index contributed by atoms with van der Waals surface area (Å²) in [6.07, 6.45) is 1.54. The molecule has 7 heteroatoms. The van der Waals surface area contributed by atoms with Gasteiger partial charge in [0.15, 0.2) is 0 Å². The highest BCUT2D eigenvalue weighted by atomic mass is 19.1. The number of nitrogens with zero attached hydrogens (tertiary/aromatic N) is 3. The number of anilines is 2. The van der Waals surface area contributed by atoms with Gasteiger partial charge in [-0.25, -0.2) is 9.18 Å². The van der Waals surface area contributed by atoms with Crippen molar-refractivity contribution in [1.29, 1.82) is 5.26 Å². The molecule has 0 amide bonds. The van der Waals surface area contributed by atoms with E-state index >= 15 is 0 Å². The number of nitriles is 1. The summed E-state index contributed by atoms with van der Waals surface area (Å²) in [6, 6.07) is 6.83. The van der Waals surface area contributed by atoms with Gasteiger partial charge in [0.2, 0.25) is 0 Å². The number of para-hydroxylation sites is 1. The predicted molar refractivity (Wildman–Crippen MR) is 124 cm³/mol. The molecule has 1 saturated heterocycles. The molecule has 0 atom stereocenters. The maximum atomic E-state index is 14.4. The zero-order valence-corrected chi connectivity index (χ0v) is 19.7. The number of hydrogen-bond donors (Lipinski definition) is 1. The molecule has 2 heterocycles. The van der Waals surface area contributed by atoms with Crippen LogP contribution in [0.15, 0.2) is 18.2 Å². The molecule has 1 N–H and O–H groups in total. The Kier molecular flexibility index (Phi) is 6.73. The van der Waals surface area contributed by atoms with Crippen LogP contribution in [0.2, 0.25) is 0 Å². The first-order chi connectivity index (χ1) is 15.0. The molecule has 0 unspecified atom stereocenters. The minimum atomic E-state index is -0.587. The summed E-state index contributed by atoms with van der Waals surface area (Å²) in [5.74, 6) is -0.742. The summed E-state index contributed by atoms with van der Waals surface area (Å²) in [5, 5.41) is 12.9. The quantitative estimate of drug-likeness (QED) is 0.673. The summed E-state index contributed by atoms with van der Waals surface area (Å²) >= 11 is 0. The van der Waals surface area contributed by atoms with Gasteiger partial charge in [-0.1, -0.05) is 6.07 Å². The summed E-state index contributed by atoms with van der Waals surface area (Å²) in [6.45, 7) is 12.5. The summed E-state index contributed by atoms with van der Waals surface area (Å²) in [5.41, 5.74) is 3.80. The first kappa shape index (κ1) is 23.5. The maximum Gasteiger partial charge on any atom is 0.340 e. The maximum absolute atomic E-state index is 14.4. The molecule has 0 radical (unpaired) electrons. The monoisotopic (exact) mass is 438 g/mol. The predicted octanol–water partition coefficient (Wildman–Crippen LogP) is 5.05. The molecule has 3 rings (SSSR count). The molecule has 6 nitrogen and oxygen atoms in total. The van der Waals surface area contributed by atoms with Gasteiger partial charge in [-0.3, -0.25) is 4.98 Å². The summed E-state index contributed by atoms with van der Waals surface area (Å²) in [4.78, 5) is 19.3. The molecule has 1 aliphatic rings. The molecular formula is C25H31FN4O2. The lowest BCUT2D eigenvalue weighted by atomic mass is 9.99. The van der Waals surface area contributed by atoms with E-state index in [1.54, 1.807) is 12.1 Å². The average molecular weight is 439 g/mol. The van der Waals surface area contributed by atoms with Gasteiger partial charge in [0.1, 0.15) is 17.5 Å². The number of hydrogen-bond acceptors (Lipinski definition) is 6.